The number of sulfonamides is 1. The molecule has 1 aliphatic carbocycles. The van der Waals surface area contributed by atoms with Crippen molar-refractivity contribution in [2.75, 3.05) is 20.3 Å². The number of ether oxygens (including phenoxy) is 2. The van der Waals surface area contributed by atoms with Gasteiger partial charge in [-0.2, -0.15) is 0 Å². The van der Waals surface area contributed by atoms with E-state index in [4.69, 9.17) is 13.9 Å². The van der Waals surface area contributed by atoms with Gasteiger partial charge in [0.05, 0.1) is 23.1 Å². The molecule has 0 bridgehead atoms. The summed E-state index contributed by atoms with van der Waals surface area (Å²) in [4.78, 5) is 11.7. The summed E-state index contributed by atoms with van der Waals surface area (Å²) < 4.78 is 45.7. The molecular formula is C16H20N2O6S. The van der Waals surface area contributed by atoms with Gasteiger partial charge in [0.1, 0.15) is 0 Å². The third-order valence-electron chi connectivity index (χ3n) is 5.25. The Bertz CT molecular complexity index is 963. The lowest BCUT2D eigenvalue weighted by Gasteiger charge is -2.47. The van der Waals surface area contributed by atoms with Crippen molar-refractivity contribution in [3.63, 3.8) is 0 Å². The molecule has 1 N–H and O–H groups in total. The summed E-state index contributed by atoms with van der Waals surface area (Å²) in [5, 5.41) is 0. The number of hydrogen-bond donors (Lipinski definition) is 1. The van der Waals surface area contributed by atoms with Crippen molar-refractivity contribution >= 4 is 21.1 Å². The van der Waals surface area contributed by atoms with Crippen LogP contribution in [-0.2, 0) is 26.5 Å². The Morgan fingerprint density at radius 3 is 2.96 bits per heavy atom. The first kappa shape index (κ1) is 16.8. The van der Waals surface area contributed by atoms with E-state index in [0.717, 1.165) is 6.42 Å². The van der Waals surface area contributed by atoms with Crippen molar-refractivity contribution in [3.8, 4) is 0 Å². The van der Waals surface area contributed by atoms with Gasteiger partial charge in [-0.3, -0.25) is 4.57 Å². The molecule has 2 fully saturated rings. The molecule has 2 aromatic rings. The van der Waals surface area contributed by atoms with Crippen LogP contribution in [0.15, 0.2) is 32.3 Å². The fourth-order valence-electron chi connectivity index (χ4n) is 3.92. The second-order valence-corrected chi connectivity index (χ2v) is 8.32. The highest BCUT2D eigenvalue weighted by atomic mass is 32.2. The minimum absolute atomic E-state index is 0.00860. The van der Waals surface area contributed by atoms with Crippen LogP contribution in [-0.4, -0.2) is 45.5 Å². The number of aryl methyl sites for hydroxylation is 1. The molecule has 8 nitrogen and oxygen atoms in total. The Hall–Kier alpha value is -1.68. The quantitative estimate of drug-likeness (QED) is 0.823. The summed E-state index contributed by atoms with van der Waals surface area (Å²) in [6.07, 6.45) is 0.901. The molecule has 0 radical (unpaired) electrons. The summed E-state index contributed by atoms with van der Waals surface area (Å²) in [5.74, 6) is -0.339. The van der Waals surface area contributed by atoms with E-state index < -0.39 is 15.8 Å². The van der Waals surface area contributed by atoms with Gasteiger partial charge in [0.15, 0.2) is 5.58 Å². The van der Waals surface area contributed by atoms with Crippen LogP contribution in [0.4, 0.5) is 0 Å². The normalized spacial score (nSPS) is 28.9. The van der Waals surface area contributed by atoms with E-state index in [-0.39, 0.29) is 28.9 Å². The number of oxazole rings is 1. The zero-order valence-corrected chi connectivity index (χ0v) is 14.8. The van der Waals surface area contributed by atoms with Crippen LogP contribution in [0.3, 0.4) is 0 Å². The number of nitrogens with zero attached hydrogens (tertiary/aromatic N) is 1. The van der Waals surface area contributed by atoms with Gasteiger partial charge in [-0.1, -0.05) is 0 Å². The lowest BCUT2D eigenvalue weighted by molar-refractivity contribution is -0.0775. The fraction of sp³-hybridized carbons (Fsp3) is 0.562. The number of fused-ring (bicyclic) bond motifs is 2. The molecule has 1 aromatic heterocycles. The lowest BCUT2D eigenvalue weighted by atomic mass is 9.68. The molecule has 1 saturated carbocycles. The third-order valence-corrected chi connectivity index (χ3v) is 6.71. The van der Waals surface area contributed by atoms with Gasteiger partial charge >= 0.3 is 5.76 Å². The molecule has 136 valence electrons. The van der Waals surface area contributed by atoms with Gasteiger partial charge in [-0.25, -0.2) is 17.9 Å². The van der Waals surface area contributed by atoms with Crippen molar-refractivity contribution in [3.05, 3.63) is 28.7 Å². The molecule has 1 aliphatic heterocycles. The van der Waals surface area contributed by atoms with Crippen molar-refractivity contribution in [2.24, 2.45) is 18.9 Å². The molecule has 0 unspecified atom stereocenters. The molecule has 0 amide bonds. The van der Waals surface area contributed by atoms with Crippen molar-refractivity contribution in [1.29, 1.82) is 0 Å². The molecule has 4 atom stereocenters. The molecule has 0 spiro atoms. The van der Waals surface area contributed by atoms with Gasteiger partial charge in [0.25, 0.3) is 0 Å². The van der Waals surface area contributed by atoms with E-state index in [1.807, 2.05) is 0 Å². The largest absolute Gasteiger partial charge is 0.419 e. The molecule has 4 rings (SSSR count). The van der Waals surface area contributed by atoms with Crippen LogP contribution in [0.1, 0.15) is 6.42 Å². The molecule has 2 heterocycles. The first-order valence-corrected chi connectivity index (χ1v) is 9.63. The monoisotopic (exact) mass is 368 g/mol. The predicted octanol–water partition coefficient (Wildman–Crippen LogP) is 0.460. The molecule has 9 heteroatoms. The highest BCUT2D eigenvalue weighted by Crippen LogP contribution is 2.44. The highest BCUT2D eigenvalue weighted by molar-refractivity contribution is 7.89. The van der Waals surface area contributed by atoms with Crippen LogP contribution in [0.2, 0.25) is 0 Å². The maximum absolute atomic E-state index is 12.8. The van der Waals surface area contributed by atoms with Crippen LogP contribution >= 0.6 is 0 Å². The van der Waals surface area contributed by atoms with E-state index in [2.05, 4.69) is 4.72 Å². The zero-order chi connectivity index (χ0) is 17.8. The minimum Gasteiger partial charge on any atom is -0.408 e. The molecule has 1 aromatic carbocycles. The Morgan fingerprint density at radius 2 is 2.20 bits per heavy atom. The number of hydrogen-bond acceptors (Lipinski definition) is 6. The van der Waals surface area contributed by atoms with Crippen molar-refractivity contribution in [1.82, 2.24) is 9.29 Å². The van der Waals surface area contributed by atoms with Crippen LogP contribution in [0, 0.1) is 11.8 Å². The topological polar surface area (TPSA) is 99.8 Å². The Morgan fingerprint density at radius 1 is 1.40 bits per heavy atom. The first-order valence-electron chi connectivity index (χ1n) is 8.15. The third kappa shape index (κ3) is 2.62. The van der Waals surface area contributed by atoms with E-state index in [9.17, 15) is 13.2 Å². The Balaban J connectivity index is 1.63. The Labute approximate surface area is 144 Å². The van der Waals surface area contributed by atoms with Gasteiger partial charge < -0.3 is 13.9 Å². The maximum Gasteiger partial charge on any atom is 0.419 e. The first-order chi connectivity index (χ1) is 11.9. The average molecular weight is 368 g/mol. The summed E-state index contributed by atoms with van der Waals surface area (Å²) in [6.45, 7) is 1.10. The van der Waals surface area contributed by atoms with Gasteiger partial charge in [0.2, 0.25) is 10.0 Å². The van der Waals surface area contributed by atoms with Gasteiger partial charge in [-0.05, 0) is 24.6 Å². The highest BCUT2D eigenvalue weighted by Gasteiger charge is 2.54. The molecule has 25 heavy (non-hydrogen) atoms. The minimum atomic E-state index is -3.73. The van der Waals surface area contributed by atoms with Crippen LogP contribution in [0.5, 0.6) is 0 Å². The maximum atomic E-state index is 12.8. The average Bonchev–Trinajstić information content (AvgIpc) is 3.13. The van der Waals surface area contributed by atoms with Gasteiger partial charge in [-0.15, -0.1) is 0 Å². The lowest BCUT2D eigenvalue weighted by Crippen LogP contribution is -2.62. The van der Waals surface area contributed by atoms with E-state index in [1.54, 1.807) is 14.2 Å². The summed E-state index contributed by atoms with van der Waals surface area (Å²) >= 11 is 0. The van der Waals surface area contributed by atoms with Crippen molar-refractivity contribution in [2.45, 2.75) is 23.5 Å². The molecule has 1 saturated heterocycles. The van der Waals surface area contributed by atoms with E-state index >= 15 is 0 Å². The number of benzene rings is 1. The van der Waals surface area contributed by atoms with Gasteiger partial charge in [0, 0.05) is 38.6 Å². The fourth-order valence-corrected chi connectivity index (χ4v) is 5.27. The summed E-state index contributed by atoms with van der Waals surface area (Å²) in [7, 11) is -0.588. The Kier molecular flexibility index (Phi) is 3.99. The number of aromatic nitrogens is 1. The molecule has 2 aliphatic rings. The smallest absolute Gasteiger partial charge is 0.408 e. The summed E-state index contributed by atoms with van der Waals surface area (Å²) in [5.41, 5.74) is 0.800. The van der Waals surface area contributed by atoms with E-state index in [1.165, 1.54) is 22.8 Å². The second kappa shape index (κ2) is 5.94. The van der Waals surface area contributed by atoms with E-state index in [0.29, 0.717) is 24.3 Å². The summed E-state index contributed by atoms with van der Waals surface area (Å²) in [6, 6.07) is 4.19. The van der Waals surface area contributed by atoms with Crippen molar-refractivity contribution < 1.29 is 22.3 Å². The van der Waals surface area contributed by atoms with Crippen LogP contribution in [0.25, 0.3) is 11.1 Å². The SMILES string of the molecule is COC[C@H]1[C@@H](NS(=O)(=O)c2ccc3oc(=O)n(C)c3c2)[C@H]2CCO[C@H]21. The molecular weight excluding hydrogens is 348 g/mol. The second-order valence-electron chi connectivity index (χ2n) is 6.61. The number of methoxy groups -OCH3 is 1. The predicted molar refractivity (Wildman–Crippen MR) is 88.8 cm³/mol. The standard InChI is InChI=1S/C16H20N2O6S/c1-18-12-7-9(3-4-13(12)24-16(18)19)25(20,21)17-14-10-5-6-23-15(10)11(14)8-22-2/h3-4,7,10-11,14-15,17H,5-6,8H2,1-2H3/t10-,11+,14+,15-/m1/s1. The van der Waals surface area contributed by atoms with Crippen LogP contribution < -0.4 is 10.5 Å². The number of rotatable bonds is 5. The number of nitrogens with one attached hydrogen (secondary N) is 1. The zero-order valence-electron chi connectivity index (χ0n) is 14.0.